The standard InChI is InChI=1S/C32H50/c1-8-9-11-14-27-20-25(5)31(30-19-24(4)15-16-29(30)23(2)3)28(22-27)21-26(6)32(7)17-12-10-13-18-32/h19-20,22-23,29-30H,6,8-18,21H2,1-5,7H3. The van der Waals surface area contributed by atoms with Crippen molar-refractivity contribution in [1.29, 1.82) is 0 Å². The summed E-state index contributed by atoms with van der Waals surface area (Å²) >= 11 is 0. The molecule has 0 radical (unpaired) electrons. The molecule has 0 heteroatoms. The van der Waals surface area contributed by atoms with E-state index in [2.05, 4.69) is 59.8 Å². The summed E-state index contributed by atoms with van der Waals surface area (Å²) in [6, 6.07) is 5.11. The Bertz CT molecular complexity index is 800. The van der Waals surface area contributed by atoms with Crippen molar-refractivity contribution in [3.8, 4) is 0 Å². The molecule has 2 aliphatic rings. The summed E-state index contributed by atoms with van der Waals surface area (Å²) in [6.07, 6.45) is 18.3. The number of rotatable bonds is 9. The van der Waals surface area contributed by atoms with E-state index >= 15 is 0 Å². The molecule has 3 rings (SSSR count). The molecule has 0 heterocycles. The van der Waals surface area contributed by atoms with Gasteiger partial charge in [0.15, 0.2) is 0 Å². The maximum absolute atomic E-state index is 4.72. The van der Waals surface area contributed by atoms with E-state index in [0.29, 0.717) is 11.3 Å². The third kappa shape index (κ3) is 5.98. The Labute approximate surface area is 200 Å². The second-order valence-electron chi connectivity index (χ2n) is 11.8. The lowest BCUT2D eigenvalue weighted by atomic mass is 9.67. The third-order valence-corrected chi connectivity index (χ3v) is 8.80. The molecule has 1 aromatic carbocycles. The Morgan fingerprint density at radius 1 is 1.09 bits per heavy atom. The Balaban J connectivity index is 2.01. The van der Waals surface area contributed by atoms with Crippen LogP contribution in [0.25, 0.3) is 0 Å². The Morgan fingerprint density at radius 2 is 1.81 bits per heavy atom. The zero-order valence-corrected chi connectivity index (χ0v) is 22.2. The number of hydrogen-bond acceptors (Lipinski definition) is 0. The summed E-state index contributed by atoms with van der Waals surface area (Å²) in [5.74, 6) is 2.04. The van der Waals surface area contributed by atoms with Gasteiger partial charge in [-0.25, -0.2) is 0 Å². The van der Waals surface area contributed by atoms with Crippen LogP contribution in [0.15, 0.2) is 35.9 Å². The van der Waals surface area contributed by atoms with E-state index in [1.165, 1.54) is 81.8 Å². The maximum Gasteiger partial charge on any atom is 0.00568 e. The molecule has 178 valence electrons. The number of unbranched alkanes of at least 4 members (excludes halogenated alkanes) is 2. The van der Waals surface area contributed by atoms with Crippen LogP contribution in [0.5, 0.6) is 0 Å². The molecule has 0 N–H and O–H groups in total. The highest BCUT2D eigenvalue weighted by atomic mass is 14.4. The molecule has 0 nitrogen and oxygen atoms in total. The van der Waals surface area contributed by atoms with Crippen molar-refractivity contribution in [2.75, 3.05) is 0 Å². The summed E-state index contributed by atoms with van der Waals surface area (Å²) in [4.78, 5) is 0. The minimum absolute atomic E-state index is 0.331. The van der Waals surface area contributed by atoms with Gasteiger partial charge in [-0.15, -0.1) is 0 Å². The SMILES string of the molecule is C=C(Cc1cc(CCCCC)cc(C)c1C1C=C(C)CCC1C(C)C)C1(C)CCCCC1. The minimum Gasteiger partial charge on any atom is -0.0990 e. The summed E-state index contributed by atoms with van der Waals surface area (Å²) in [7, 11) is 0. The van der Waals surface area contributed by atoms with Crippen LogP contribution in [-0.4, -0.2) is 0 Å². The van der Waals surface area contributed by atoms with Crippen LogP contribution in [0, 0.1) is 24.2 Å². The fourth-order valence-corrected chi connectivity index (χ4v) is 6.56. The van der Waals surface area contributed by atoms with Gasteiger partial charge in [-0.3, -0.25) is 0 Å². The lowest BCUT2D eigenvalue weighted by Crippen LogP contribution is -2.25. The second-order valence-corrected chi connectivity index (χ2v) is 11.8. The van der Waals surface area contributed by atoms with Crippen LogP contribution >= 0.6 is 0 Å². The first-order chi connectivity index (χ1) is 15.2. The molecular weight excluding hydrogens is 384 g/mol. The molecule has 0 amide bonds. The summed E-state index contributed by atoms with van der Waals surface area (Å²) < 4.78 is 0. The molecule has 0 spiro atoms. The van der Waals surface area contributed by atoms with Crippen molar-refractivity contribution in [2.45, 2.75) is 125 Å². The fraction of sp³-hybridized carbons (Fsp3) is 0.688. The third-order valence-electron chi connectivity index (χ3n) is 8.80. The van der Waals surface area contributed by atoms with Crippen LogP contribution in [0.4, 0.5) is 0 Å². The minimum atomic E-state index is 0.331. The quantitative estimate of drug-likeness (QED) is 0.268. The van der Waals surface area contributed by atoms with Crippen molar-refractivity contribution in [2.24, 2.45) is 17.3 Å². The summed E-state index contributed by atoms with van der Waals surface area (Å²) in [5, 5.41) is 0. The van der Waals surface area contributed by atoms with Crippen molar-refractivity contribution in [3.05, 3.63) is 58.2 Å². The van der Waals surface area contributed by atoms with Gasteiger partial charge in [0, 0.05) is 5.92 Å². The average Bonchev–Trinajstić information content (AvgIpc) is 2.74. The molecule has 2 atom stereocenters. The van der Waals surface area contributed by atoms with E-state index < -0.39 is 0 Å². The zero-order chi connectivity index (χ0) is 23.3. The zero-order valence-electron chi connectivity index (χ0n) is 22.2. The van der Waals surface area contributed by atoms with Crippen LogP contribution < -0.4 is 0 Å². The van der Waals surface area contributed by atoms with Crippen LogP contribution in [0.1, 0.15) is 127 Å². The van der Waals surface area contributed by atoms with E-state index in [1.807, 2.05) is 0 Å². The van der Waals surface area contributed by atoms with E-state index in [4.69, 9.17) is 6.58 Å². The molecule has 2 unspecified atom stereocenters. The molecule has 1 aromatic rings. The highest BCUT2D eigenvalue weighted by molar-refractivity contribution is 5.46. The monoisotopic (exact) mass is 434 g/mol. The van der Waals surface area contributed by atoms with Gasteiger partial charge in [-0.2, -0.15) is 0 Å². The van der Waals surface area contributed by atoms with E-state index in [0.717, 1.165) is 18.3 Å². The number of benzene rings is 1. The van der Waals surface area contributed by atoms with Gasteiger partial charge in [-0.05, 0) is 98.3 Å². The molecule has 0 aliphatic heterocycles. The highest BCUT2D eigenvalue weighted by Gasteiger charge is 2.33. The normalized spacial score (nSPS) is 23.3. The van der Waals surface area contributed by atoms with E-state index in [1.54, 1.807) is 22.3 Å². The molecule has 0 saturated heterocycles. The Morgan fingerprint density at radius 3 is 2.47 bits per heavy atom. The predicted molar refractivity (Wildman–Crippen MR) is 143 cm³/mol. The van der Waals surface area contributed by atoms with Crippen LogP contribution in [-0.2, 0) is 12.8 Å². The number of allylic oxidation sites excluding steroid dienone is 3. The van der Waals surface area contributed by atoms with Gasteiger partial charge < -0.3 is 0 Å². The highest BCUT2D eigenvalue weighted by Crippen LogP contribution is 2.46. The molecule has 0 aromatic heterocycles. The molecule has 1 fully saturated rings. The van der Waals surface area contributed by atoms with E-state index in [-0.39, 0.29) is 0 Å². The molecule has 1 saturated carbocycles. The Kier molecular flexibility index (Phi) is 8.88. The average molecular weight is 435 g/mol. The molecule has 32 heavy (non-hydrogen) atoms. The van der Waals surface area contributed by atoms with Crippen molar-refractivity contribution >= 4 is 0 Å². The smallest absolute Gasteiger partial charge is 0.00568 e. The fourth-order valence-electron chi connectivity index (χ4n) is 6.56. The van der Waals surface area contributed by atoms with Crippen molar-refractivity contribution in [1.82, 2.24) is 0 Å². The largest absolute Gasteiger partial charge is 0.0990 e. The first kappa shape index (κ1) is 25.3. The van der Waals surface area contributed by atoms with Gasteiger partial charge in [0.25, 0.3) is 0 Å². The lowest BCUT2D eigenvalue weighted by Gasteiger charge is -2.38. The van der Waals surface area contributed by atoms with Crippen molar-refractivity contribution < 1.29 is 0 Å². The van der Waals surface area contributed by atoms with Gasteiger partial charge in [0.05, 0.1) is 0 Å². The van der Waals surface area contributed by atoms with Gasteiger partial charge in [0.1, 0.15) is 0 Å². The molecular formula is C32H50. The van der Waals surface area contributed by atoms with E-state index in [9.17, 15) is 0 Å². The van der Waals surface area contributed by atoms with Gasteiger partial charge >= 0.3 is 0 Å². The van der Waals surface area contributed by atoms with Crippen molar-refractivity contribution in [3.63, 3.8) is 0 Å². The Hall–Kier alpha value is -1.30. The number of aryl methyl sites for hydroxylation is 2. The van der Waals surface area contributed by atoms with Gasteiger partial charge in [-0.1, -0.05) is 95.7 Å². The second kappa shape index (κ2) is 11.2. The van der Waals surface area contributed by atoms with Gasteiger partial charge in [0.2, 0.25) is 0 Å². The van der Waals surface area contributed by atoms with Crippen LogP contribution in [0.2, 0.25) is 0 Å². The summed E-state index contributed by atoms with van der Waals surface area (Å²) in [5.41, 5.74) is 9.71. The topological polar surface area (TPSA) is 0 Å². The lowest BCUT2D eigenvalue weighted by molar-refractivity contribution is 0.263. The first-order valence-electron chi connectivity index (χ1n) is 13.7. The first-order valence-corrected chi connectivity index (χ1v) is 13.7. The molecule has 0 bridgehead atoms. The summed E-state index contributed by atoms with van der Waals surface area (Å²) in [6.45, 7) is 19.1. The number of hydrogen-bond donors (Lipinski definition) is 0. The molecule has 2 aliphatic carbocycles. The maximum atomic E-state index is 4.72. The predicted octanol–water partition coefficient (Wildman–Crippen LogP) is 9.89. The van der Waals surface area contributed by atoms with Crippen LogP contribution in [0.3, 0.4) is 0 Å².